The highest BCUT2D eigenvalue weighted by molar-refractivity contribution is 6.30. The van der Waals surface area contributed by atoms with Crippen LogP contribution >= 0.6 is 11.6 Å². The van der Waals surface area contributed by atoms with E-state index >= 15 is 0 Å². The molecule has 1 amide bonds. The molecule has 2 heterocycles. The molecule has 1 aromatic heterocycles. The van der Waals surface area contributed by atoms with Gasteiger partial charge in [0.25, 0.3) is 0 Å². The molecule has 1 aliphatic heterocycles. The van der Waals surface area contributed by atoms with Crippen LogP contribution in [0, 0.1) is 13.8 Å². The van der Waals surface area contributed by atoms with E-state index in [1.54, 1.807) is 6.92 Å². The predicted octanol–water partition coefficient (Wildman–Crippen LogP) is 3.04. The van der Waals surface area contributed by atoms with Crippen molar-refractivity contribution in [3.8, 4) is 11.4 Å². The highest BCUT2D eigenvalue weighted by Crippen LogP contribution is 2.22. The van der Waals surface area contributed by atoms with Crippen LogP contribution in [0.4, 0.5) is 5.82 Å². The molecule has 0 spiro atoms. The summed E-state index contributed by atoms with van der Waals surface area (Å²) in [6, 6.07) is 10.2. The van der Waals surface area contributed by atoms with Crippen LogP contribution in [-0.2, 0) is 4.79 Å². The number of hydrogen-bond acceptors (Lipinski definition) is 4. The Labute approximate surface area is 153 Å². The van der Waals surface area contributed by atoms with Crippen molar-refractivity contribution in [1.29, 1.82) is 0 Å². The summed E-state index contributed by atoms with van der Waals surface area (Å²) in [6.07, 6.45) is 0. The van der Waals surface area contributed by atoms with Crippen LogP contribution in [0.2, 0.25) is 0 Å². The van der Waals surface area contributed by atoms with Gasteiger partial charge in [-0.2, -0.15) is 0 Å². The number of halogens is 1. The van der Waals surface area contributed by atoms with Gasteiger partial charge in [0.2, 0.25) is 5.91 Å². The number of aromatic nitrogens is 2. The molecule has 1 aromatic carbocycles. The van der Waals surface area contributed by atoms with Gasteiger partial charge in [-0.1, -0.05) is 23.8 Å². The maximum absolute atomic E-state index is 12.0. The second-order valence-corrected chi connectivity index (χ2v) is 7.14. The Morgan fingerprint density at radius 3 is 2.48 bits per heavy atom. The molecular weight excluding hydrogens is 336 g/mol. The summed E-state index contributed by atoms with van der Waals surface area (Å²) in [5.74, 6) is 1.65. The van der Waals surface area contributed by atoms with Crippen LogP contribution in [0.25, 0.3) is 11.4 Å². The first-order chi connectivity index (χ1) is 11.9. The van der Waals surface area contributed by atoms with Crippen LogP contribution in [0.15, 0.2) is 30.3 Å². The highest BCUT2D eigenvalue weighted by Gasteiger charge is 2.24. The first-order valence-corrected chi connectivity index (χ1v) is 8.98. The van der Waals surface area contributed by atoms with Gasteiger partial charge in [0, 0.05) is 43.5 Å². The van der Waals surface area contributed by atoms with Crippen molar-refractivity contribution >= 4 is 23.3 Å². The fourth-order valence-corrected chi connectivity index (χ4v) is 3.17. The van der Waals surface area contributed by atoms with Gasteiger partial charge in [0.05, 0.1) is 0 Å². The van der Waals surface area contributed by atoms with E-state index in [1.807, 2.05) is 30.0 Å². The Kier molecular flexibility index (Phi) is 5.23. The van der Waals surface area contributed by atoms with Crippen LogP contribution in [0.3, 0.4) is 0 Å². The number of nitrogens with zero attached hydrogens (tertiary/aromatic N) is 4. The Morgan fingerprint density at radius 1 is 1.12 bits per heavy atom. The number of aryl methyl sites for hydroxylation is 2. The van der Waals surface area contributed by atoms with E-state index in [9.17, 15) is 4.79 Å². The molecule has 0 aliphatic carbocycles. The van der Waals surface area contributed by atoms with Crippen molar-refractivity contribution in [2.24, 2.45) is 0 Å². The second kappa shape index (κ2) is 7.40. The summed E-state index contributed by atoms with van der Waals surface area (Å²) in [5, 5.41) is -0.472. The van der Waals surface area contributed by atoms with E-state index in [2.05, 4.69) is 28.9 Å². The van der Waals surface area contributed by atoms with Crippen LogP contribution < -0.4 is 4.90 Å². The first kappa shape index (κ1) is 17.7. The lowest BCUT2D eigenvalue weighted by Crippen LogP contribution is -2.50. The van der Waals surface area contributed by atoms with E-state index in [-0.39, 0.29) is 5.91 Å². The molecule has 5 nitrogen and oxygen atoms in total. The van der Waals surface area contributed by atoms with Crippen molar-refractivity contribution in [2.75, 3.05) is 31.1 Å². The minimum absolute atomic E-state index is 0.000588. The molecule has 0 N–H and O–H groups in total. The van der Waals surface area contributed by atoms with Crippen LogP contribution in [0.5, 0.6) is 0 Å². The SMILES string of the molecule is Cc1cccc(-c2nc(C)cc(N3CCN(C(=O)C(C)Cl)CC3)n2)c1. The molecule has 1 atom stereocenters. The molecule has 1 saturated heterocycles. The summed E-state index contributed by atoms with van der Waals surface area (Å²) in [6.45, 7) is 8.60. The normalized spacial score (nSPS) is 16.0. The molecule has 1 fully saturated rings. The topological polar surface area (TPSA) is 49.3 Å². The van der Waals surface area contributed by atoms with Gasteiger partial charge >= 0.3 is 0 Å². The summed E-state index contributed by atoms with van der Waals surface area (Å²) in [5.41, 5.74) is 3.15. The van der Waals surface area contributed by atoms with Gasteiger partial charge in [-0.3, -0.25) is 4.79 Å². The maximum Gasteiger partial charge on any atom is 0.240 e. The van der Waals surface area contributed by atoms with E-state index in [0.29, 0.717) is 13.1 Å². The highest BCUT2D eigenvalue weighted by atomic mass is 35.5. The van der Waals surface area contributed by atoms with Gasteiger partial charge in [0.1, 0.15) is 11.2 Å². The van der Waals surface area contributed by atoms with E-state index in [0.717, 1.165) is 36.0 Å². The molecule has 0 bridgehead atoms. The molecule has 1 unspecified atom stereocenters. The zero-order chi connectivity index (χ0) is 18.0. The van der Waals surface area contributed by atoms with Crippen molar-refractivity contribution < 1.29 is 4.79 Å². The molecule has 25 heavy (non-hydrogen) atoms. The summed E-state index contributed by atoms with van der Waals surface area (Å²) in [7, 11) is 0. The molecule has 132 valence electrons. The fraction of sp³-hybridized carbons (Fsp3) is 0.421. The molecule has 2 aromatic rings. The predicted molar refractivity (Wildman–Crippen MR) is 101 cm³/mol. The molecule has 0 saturated carbocycles. The minimum atomic E-state index is -0.472. The van der Waals surface area contributed by atoms with Gasteiger partial charge in [-0.15, -0.1) is 11.6 Å². The number of carbonyl (C=O) groups is 1. The smallest absolute Gasteiger partial charge is 0.240 e. The Morgan fingerprint density at radius 2 is 1.84 bits per heavy atom. The number of anilines is 1. The third-order valence-electron chi connectivity index (χ3n) is 4.37. The number of benzene rings is 1. The third-order valence-corrected chi connectivity index (χ3v) is 4.56. The van der Waals surface area contributed by atoms with Gasteiger partial charge in [-0.05, 0) is 26.8 Å². The minimum Gasteiger partial charge on any atom is -0.353 e. The fourth-order valence-electron chi connectivity index (χ4n) is 3.03. The van der Waals surface area contributed by atoms with E-state index in [4.69, 9.17) is 16.6 Å². The molecule has 0 radical (unpaired) electrons. The monoisotopic (exact) mass is 358 g/mol. The van der Waals surface area contributed by atoms with Crippen molar-refractivity contribution in [2.45, 2.75) is 26.1 Å². The lowest BCUT2D eigenvalue weighted by molar-refractivity contribution is -0.130. The van der Waals surface area contributed by atoms with E-state index < -0.39 is 5.38 Å². The lowest BCUT2D eigenvalue weighted by Gasteiger charge is -2.36. The van der Waals surface area contributed by atoms with Gasteiger partial charge in [0.15, 0.2) is 5.82 Å². The zero-order valence-corrected chi connectivity index (χ0v) is 15.6. The summed E-state index contributed by atoms with van der Waals surface area (Å²) in [4.78, 5) is 25.4. The van der Waals surface area contributed by atoms with Crippen molar-refractivity contribution in [3.63, 3.8) is 0 Å². The average Bonchev–Trinajstić information content (AvgIpc) is 2.60. The first-order valence-electron chi connectivity index (χ1n) is 8.54. The lowest BCUT2D eigenvalue weighted by atomic mass is 10.1. The van der Waals surface area contributed by atoms with Crippen molar-refractivity contribution in [1.82, 2.24) is 14.9 Å². The number of rotatable bonds is 3. The molecular formula is C19H23ClN4O. The van der Waals surface area contributed by atoms with E-state index in [1.165, 1.54) is 5.56 Å². The Hall–Kier alpha value is -2.14. The molecule has 3 rings (SSSR count). The number of alkyl halides is 1. The number of carbonyl (C=O) groups excluding carboxylic acids is 1. The van der Waals surface area contributed by atoms with Crippen LogP contribution in [-0.4, -0.2) is 52.3 Å². The van der Waals surface area contributed by atoms with Crippen molar-refractivity contribution in [3.05, 3.63) is 41.6 Å². The zero-order valence-electron chi connectivity index (χ0n) is 14.9. The third kappa shape index (κ3) is 4.10. The van der Waals surface area contributed by atoms with Crippen LogP contribution in [0.1, 0.15) is 18.2 Å². The molecule has 1 aliphatic rings. The molecule has 6 heteroatoms. The largest absolute Gasteiger partial charge is 0.353 e. The average molecular weight is 359 g/mol. The Bertz CT molecular complexity index is 770. The summed E-state index contributed by atoms with van der Waals surface area (Å²) < 4.78 is 0. The van der Waals surface area contributed by atoms with Gasteiger partial charge < -0.3 is 9.80 Å². The van der Waals surface area contributed by atoms with Gasteiger partial charge in [-0.25, -0.2) is 9.97 Å². The standard InChI is InChI=1S/C19H23ClN4O/c1-13-5-4-6-16(11-13)18-21-14(2)12-17(22-18)23-7-9-24(10-8-23)19(25)15(3)20/h4-6,11-12,15H,7-10H2,1-3H3. The number of amides is 1. The quantitative estimate of drug-likeness (QED) is 0.791. The summed E-state index contributed by atoms with van der Waals surface area (Å²) >= 11 is 5.91. The maximum atomic E-state index is 12.0. The number of piperazine rings is 1. The number of hydrogen-bond donors (Lipinski definition) is 0. The Balaban J connectivity index is 1.79. The second-order valence-electron chi connectivity index (χ2n) is 6.49.